The molecule has 0 aliphatic rings. The first-order chi connectivity index (χ1) is 16.7. The van der Waals surface area contributed by atoms with Crippen LogP contribution in [0, 0.1) is 0 Å². The first kappa shape index (κ1) is 29.2. The summed E-state index contributed by atoms with van der Waals surface area (Å²) >= 11 is 5.96. The van der Waals surface area contributed by atoms with Crippen LogP contribution in [0.4, 0.5) is 9.18 Å². The number of ketones is 1. The molecule has 3 rings (SSSR count). The highest BCUT2D eigenvalue weighted by atomic mass is 35.5. The SMILES string of the molecule is CCC(=O)CF.CCC(C)n1cnc2ccc(Oc3cccc(Cl)c3)cc2c1=O.O=CNC(=O)O. The van der Waals surface area contributed by atoms with E-state index in [1.807, 2.05) is 26.0 Å². The number of alkyl halides is 1. The number of ether oxygens (including phenoxy) is 1. The van der Waals surface area contributed by atoms with E-state index in [9.17, 15) is 18.8 Å². The molecule has 35 heavy (non-hydrogen) atoms. The molecule has 11 heteroatoms. The number of nitrogens with one attached hydrogen (secondary N) is 1. The number of amides is 2. The van der Waals surface area contributed by atoms with Gasteiger partial charge in [0.05, 0.1) is 17.2 Å². The van der Waals surface area contributed by atoms with E-state index in [1.165, 1.54) is 5.32 Å². The molecule has 2 amide bonds. The number of hydrogen-bond acceptors (Lipinski definition) is 6. The fourth-order valence-electron chi connectivity index (χ4n) is 2.50. The van der Waals surface area contributed by atoms with Crippen molar-refractivity contribution in [2.24, 2.45) is 0 Å². The maximum Gasteiger partial charge on any atom is 0.411 e. The molecule has 3 aromatic rings. The standard InChI is InChI=1S/C18H17ClN2O2.C4H7FO.C2H3NO3/c1-3-12(2)21-11-20-17-8-7-15(10-16(17)18(21)22)23-14-6-4-5-13(19)9-14;1-2-4(6)3-5;4-1-3-2(5)6/h4-12H,3H2,1-2H3;2-3H2,1H3;1H,(H,3,4)(H,5,6). The van der Waals surface area contributed by atoms with Crippen LogP contribution in [0.1, 0.15) is 39.7 Å². The molecule has 0 aliphatic heterocycles. The van der Waals surface area contributed by atoms with Crippen molar-refractivity contribution in [1.82, 2.24) is 14.9 Å². The van der Waals surface area contributed by atoms with Crippen molar-refractivity contribution in [2.45, 2.75) is 39.7 Å². The number of aromatic nitrogens is 2. The second kappa shape index (κ2) is 15.2. The summed E-state index contributed by atoms with van der Waals surface area (Å²) in [5.74, 6) is 0.888. The predicted molar refractivity (Wildman–Crippen MR) is 131 cm³/mol. The Balaban J connectivity index is 0.000000425. The molecule has 0 fully saturated rings. The molecule has 1 unspecified atom stereocenters. The summed E-state index contributed by atoms with van der Waals surface area (Å²) in [7, 11) is 0. The van der Waals surface area contributed by atoms with Gasteiger partial charge >= 0.3 is 6.09 Å². The zero-order chi connectivity index (χ0) is 26.4. The Hall–Kier alpha value is -3.79. The van der Waals surface area contributed by atoms with Crippen molar-refractivity contribution in [1.29, 1.82) is 0 Å². The van der Waals surface area contributed by atoms with Crippen LogP contribution in [0.3, 0.4) is 0 Å². The van der Waals surface area contributed by atoms with Crippen LogP contribution in [0.25, 0.3) is 10.9 Å². The van der Waals surface area contributed by atoms with E-state index >= 15 is 0 Å². The molecule has 9 nitrogen and oxygen atoms in total. The fraction of sp³-hybridized carbons (Fsp3) is 0.292. The Morgan fingerprint density at radius 2 is 1.91 bits per heavy atom. The van der Waals surface area contributed by atoms with Crippen molar-refractivity contribution < 1.29 is 28.6 Å². The molecule has 0 aliphatic carbocycles. The Labute approximate surface area is 206 Å². The van der Waals surface area contributed by atoms with Gasteiger partial charge in [0.15, 0.2) is 5.78 Å². The average molecular weight is 508 g/mol. The molecule has 0 bridgehead atoms. The number of carbonyl (C=O) groups excluding carboxylic acids is 2. The largest absolute Gasteiger partial charge is 0.465 e. The van der Waals surface area contributed by atoms with Gasteiger partial charge in [-0.1, -0.05) is 31.5 Å². The topological polar surface area (TPSA) is 128 Å². The number of Topliss-reactive ketones (excluding diaryl/α,β-unsaturated/α-hetero) is 1. The number of nitrogens with zero attached hydrogens (tertiary/aromatic N) is 2. The third-order valence-corrected chi connectivity index (χ3v) is 4.81. The van der Waals surface area contributed by atoms with Crippen molar-refractivity contribution in [3.8, 4) is 11.5 Å². The van der Waals surface area contributed by atoms with Gasteiger partial charge in [-0.2, -0.15) is 0 Å². The molecule has 0 saturated heterocycles. The molecule has 2 aromatic carbocycles. The second-order valence-electron chi connectivity index (χ2n) is 7.05. The summed E-state index contributed by atoms with van der Waals surface area (Å²) in [5.41, 5.74) is 0.605. The lowest BCUT2D eigenvalue weighted by Gasteiger charge is -2.13. The first-order valence-corrected chi connectivity index (χ1v) is 11.0. The molecule has 1 heterocycles. The van der Waals surface area contributed by atoms with Crippen LogP contribution in [-0.4, -0.2) is 39.6 Å². The van der Waals surface area contributed by atoms with Gasteiger partial charge < -0.3 is 9.84 Å². The molecule has 0 saturated carbocycles. The number of carbonyl (C=O) groups is 3. The van der Waals surface area contributed by atoms with E-state index in [0.717, 1.165) is 6.42 Å². The van der Waals surface area contributed by atoms with Crippen molar-refractivity contribution in [2.75, 3.05) is 6.67 Å². The van der Waals surface area contributed by atoms with Crippen LogP contribution in [0.5, 0.6) is 11.5 Å². The van der Waals surface area contributed by atoms with E-state index in [4.69, 9.17) is 26.2 Å². The Kier molecular flexibility index (Phi) is 12.7. The van der Waals surface area contributed by atoms with E-state index in [-0.39, 0.29) is 23.8 Å². The summed E-state index contributed by atoms with van der Waals surface area (Å²) in [6, 6.07) is 12.6. The summed E-state index contributed by atoms with van der Waals surface area (Å²) in [4.78, 5) is 45.2. The summed E-state index contributed by atoms with van der Waals surface area (Å²) < 4.78 is 18.5. The zero-order valence-corrected chi connectivity index (χ0v) is 20.3. The van der Waals surface area contributed by atoms with Gasteiger partial charge in [0.1, 0.15) is 18.2 Å². The molecule has 188 valence electrons. The highest BCUT2D eigenvalue weighted by Crippen LogP contribution is 2.26. The average Bonchev–Trinajstić information content (AvgIpc) is 2.84. The van der Waals surface area contributed by atoms with Gasteiger partial charge in [-0.3, -0.25) is 24.3 Å². The Morgan fingerprint density at radius 1 is 1.23 bits per heavy atom. The summed E-state index contributed by atoms with van der Waals surface area (Å²) in [6.45, 7) is 4.87. The highest BCUT2D eigenvalue weighted by molar-refractivity contribution is 6.30. The van der Waals surface area contributed by atoms with Crippen LogP contribution in [0.2, 0.25) is 5.02 Å². The summed E-state index contributed by atoms with van der Waals surface area (Å²) in [5, 5.41) is 10.2. The van der Waals surface area contributed by atoms with E-state index < -0.39 is 12.8 Å². The zero-order valence-electron chi connectivity index (χ0n) is 19.5. The number of benzene rings is 2. The van der Waals surface area contributed by atoms with Crippen molar-refractivity contribution >= 4 is 40.8 Å². The normalized spacial score (nSPS) is 10.7. The molecular weight excluding hydrogens is 481 g/mol. The van der Waals surface area contributed by atoms with Gasteiger partial charge in [-0.05, 0) is 49.7 Å². The minimum absolute atomic E-state index is 0.0547. The minimum atomic E-state index is -1.33. The van der Waals surface area contributed by atoms with E-state index in [0.29, 0.717) is 33.8 Å². The monoisotopic (exact) mass is 507 g/mol. The van der Waals surface area contributed by atoms with Crippen LogP contribution in [-0.2, 0) is 9.59 Å². The number of carboxylic acid groups (broad SMARTS) is 1. The second-order valence-corrected chi connectivity index (χ2v) is 7.48. The quantitative estimate of drug-likeness (QED) is 0.423. The molecule has 1 aromatic heterocycles. The lowest BCUT2D eigenvalue weighted by atomic mass is 10.2. The smallest absolute Gasteiger partial charge is 0.411 e. The fourth-order valence-corrected chi connectivity index (χ4v) is 2.68. The molecule has 0 radical (unpaired) electrons. The third kappa shape index (κ3) is 9.93. The van der Waals surface area contributed by atoms with Gasteiger partial charge in [0, 0.05) is 17.5 Å². The van der Waals surface area contributed by atoms with Gasteiger partial charge in [0.2, 0.25) is 6.41 Å². The van der Waals surface area contributed by atoms with Gasteiger partial charge in [-0.15, -0.1) is 0 Å². The molecule has 0 spiro atoms. The first-order valence-electron chi connectivity index (χ1n) is 10.6. The molecule has 1 atom stereocenters. The number of halogens is 2. The summed E-state index contributed by atoms with van der Waals surface area (Å²) in [6.07, 6.45) is 1.56. The lowest BCUT2D eigenvalue weighted by molar-refractivity contribution is -0.119. The van der Waals surface area contributed by atoms with Crippen molar-refractivity contribution in [3.63, 3.8) is 0 Å². The number of fused-ring (bicyclic) bond motifs is 1. The van der Waals surface area contributed by atoms with Gasteiger partial charge in [0.25, 0.3) is 5.56 Å². The lowest BCUT2D eigenvalue weighted by Crippen LogP contribution is -2.23. The van der Waals surface area contributed by atoms with Crippen LogP contribution < -0.4 is 15.6 Å². The van der Waals surface area contributed by atoms with Crippen LogP contribution >= 0.6 is 11.6 Å². The number of rotatable bonds is 7. The molecule has 2 N–H and O–H groups in total. The van der Waals surface area contributed by atoms with E-state index in [1.54, 1.807) is 48.1 Å². The Bertz CT molecular complexity index is 1200. The maximum atomic E-state index is 12.6. The van der Waals surface area contributed by atoms with Crippen molar-refractivity contribution in [3.05, 3.63) is 64.2 Å². The number of hydrogen-bond donors (Lipinski definition) is 2. The number of imide groups is 1. The highest BCUT2D eigenvalue weighted by Gasteiger charge is 2.10. The van der Waals surface area contributed by atoms with E-state index in [2.05, 4.69) is 4.98 Å². The third-order valence-electron chi connectivity index (χ3n) is 4.58. The Morgan fingerprint density at radius 3 is 2.40 bits per heavy atom. The maximum absolute atomic E-state index is 12.6. The van der Waals surface area contributed by atoms with Crippen LogP contribution in [0.15, 0.2) is 53.6 Å². The minimum Gasteiger partial charge on any atom is -0.465 e. The van der Waals surface area contributed by atoms with Gasteiger partial charge in [-0.25, -0.2) is 14.2 Å². The molecular formula is C24H27ClFN3O6. The predicted octanol–water partition coefficient (Wildman–Crippen LogP) is 5.16.